The summed E-state index contributed by atoms with van der Waals surface area (Å²) in [6, 6.07) is 9.49. The Balaban J connectivity index is 1.88. The van der Waals surface area contributed by atoms with E-state index in [1.165, 1.54) is 6.21 Å². The number of rotatable bonds is 4. The molecule has 1 heterocycles. The first kappa shape index (κ1) is 19.6. The van der Waals surface area contributed by atoms with Gasteiger partial charge in [-0.05, 0) is 36.8 Å². The van der Waals surface area contributed by atoms with Gasteiger partial charge in [-0.1, -0.05) is 23.7 Å². The van der Waals surface area contributed by atoms with E-state index >= 15 is 0 Å². The highest BCUT2D eigenvalue weighted by atomic mass is 35.5. The largest absolute Gasteiger partial charge is 0.416 e. The van der Waals surface area contributed by atoms with Gasteiger partial charge in [0.15, 0.2) is 0 Å². The van der Waals surface area contributed by atoms with E-state index in [1.54, 1.807) is 6.07 Å². The number of halogens is 4. The summed E-state index contributed by atoms with van der Waals surface area (Å²) >= 11 is 6.13. The lowest BCUT2D eigenvalue weighted by Crippen LogP contribution is -2.06. The molecule has 0 unspecified atom stereocenters. The summed E-state index contributed by atoms with van der Waals surface area (Å²) in [4.78, 5) is 14.4. The second kappa shape index (κ2) is 7.43. The van der Waals surface area contributed by atoms with E-state index in [4.69, 9.17) is 11.6 Å². The number of aryl methyl sites for hydroxylation is 1. The molecule has 144 valence electrons. The van der Waals surface area contributed by atoms with Gasteiger partial charge in [0.05, 0.1) is 22.2 Å². The number of anilines is 1. The van der Waals surface area contributed by atoms with E-state index in [-0.39, 0.29) is 10.8 Å². The molecular formula is C18H12ClF3N4O2. The average Bonchev–Trinajstić information content (AvgIpc) is 2.61. The lowest BCUT2D eigenvalue weighted by atomic mass is 10.1. The molecule has 0 atom stereocenters. The van der Waals surface area contributed by atoms with Crippen LogP contribution in [0.1, 0.15) is 16.7 Å². The zero-order chi connectivity index (χ0) is 20.5. The predicted molar refractivity (Wildman–Crippen MR) is 101 cm³/mol. The summed E-state index contributed by atoms with van der Waals surface area (Å²) in [5, 5.41) is 15.9. The topological polar surface area (TPSA) is 80.4 Å². The van der Waals surface area contributed by atoms with Crippen molar-refractivity contribution in [2.45, 2.75) is 13.1 Å². The molecule has 1 N–H and O–H groups in total. The third kappa shape index (κ3) is 4.20. The van der Waals surface area contributed by atoms with E-state index < -0.39 is 22.4 Å². The van der Waals surface area contributed by atoms with Gasteiger partial charge in [-0.2, -0.15) is 18.3 Å². The lowest BCUT2D eigenvalue weighted by Gasteiger charge is -2.08. The number of fused-ring (bicyclic) bond motifs is 1. The first-order valence-electron chi connectivity index (χ1n) is 7.87. The normalized spacial score (nSPS) is 11.9. The molecular weight excluding hydrogens is 397 g/mol. The van der Waals surface area contributed by atoms with E-state index in [0.717, 1.165) is 23.1 Å². The van der Waals surface area contributed by atoms with Crippen LogP contribution in [-0.4, -0.2) is 16.1 Å². The van der Waals surface area contributed by atoms with Gasteiger partial charge in [0, 0.05) is 17.0 Å². The van der Waals surface area contributed by atoms with Gasteiger partial charge in [0.2, 0.25) is 0 Å². The summed E-state index contributed by atoms with van der Waals surface area (Å²) < 4.78 is 38.2. The Kier molecular flexibility index (Phi) is 5.19. The van der Waals surface area contributed by atoms with Crippen LogP contribution < -0.4 is 5.43 Å². The van der Waals surface area contributed by atoms with E-state index in [9.17, 15) is 23.3 Å². The van der Waals surface area contributed by atoms with Crippen molar-refractivity contribution >= 4 is 40.1 Å². The third-order valence-electron chi connectivity index (χ3n) is 3.86. The van der Waals surface area contributed by atoms with E-state index in [2.05, 4.69) is 15.5 Å². The molecule has 2 aromatic carbocycles. The van der Waals surface area contributed by atoms with Crippen molar-refractivity contribution in [2.24, 2.45) is 5.10 Å². The minimum atomic E-state index is -4.69. The van der Waals surface area contributed by atoms with Crippen molar-refractivity contribution in [1.82, 2.24) is 4.98 Å². The molecule has 3 rings (SSSR count). The van der Waals surface area contributed by atoms with Crippen LogP contribution in [0.5, 0.6) is 0 Å². The van der Waals surface area contributed by atoms with Crippen LogP contribution in [0.15, 0.2) is 47.6 Å². The summed E-state index contributed by atoms with van der Waals surface area (Å²) in [6.07, 6.45) is -3.40. The number of nitro groups is 1. The van der Waals surface area contributed by atoms with Crippen LogP contribution in [0.2, 0.25) is 5.15 Å². The van der Waals surface area contributed by atoms with Gasteiger partial charge in [-0.25, -0.2) is 4.98 Å². The Morgan fingerprint density at radius 1 is 1.21 bits per heavy atom. The van der Waals surface area contributed by atoms with Crippen LogP contribution in [0.3, 0.4) is 0 Å². The van der Waals surface area contributed by atoms with Crippen LogP contribution in [0, 0.1) is 17.0 Å². The molecule has 28 heavy (non-hydrogen) atoms. The highest BCUT2D eigenvalue weighted by molar-refractivity contribution is 6.32. The van der Waals surface area contributed by atoms with Crippen molar-refractivity contribution < 1.29 is 18.1 Å². The summed E-state index contributed by atoms with van der Waals surface area (Å²) in [5.41, 5.74) is 2.50. The highest BCUT2D eigenvalue weighted by Crippen LogP contribution is 2.35. The second-order valence-electron chi connectivity index (χ2n) is 5.92. The Morgan fingerprint density at radius 3 is 2.64 bits per heavy atom. The number of pyridine rings is 1. The number of nitrogens with one attached hydrogen (secondary N) is 1. The Bertz CT molecular complexity index is 1100. The van der Waals surface area contributed by atoms with E-state index in [1.807, 2.05) is 25.1 Å². The SMILES string of the molecule is Cc1ccc2cc(/C=N/Nc3ccc(C(F)(F)F)cc3[N+](=O)[O-])c(Cl)nc2c1. The number of benzene rings is 2. The fourth-order valence-electron chi connectivity index (χ4n) is 2.49. The van der Waals surface area contributed by atoms with Crippen molar-refractivity contribution in [3.8, 4) is 0 Å². The van der Waals surface area contributed by atoms with Crippen molar-refractivity contribution in [2.75, 3.05) is 5.43 Å². The molecule has 0 spiro atoms. The Hall–Kier alpha value is -3.20. The molecule has 0 saturated heterocycles. The fourth-order valence-corrected chi connectivity index (χ4v) is 2.68. The number of hydrazone groups is 1. The minimum absolute atomic E-state index is 0.172. The molecule has 0 radical (unpaired) electrons. The molecule has 0 aliphatic heterocycles. The maximum absolute atomic E-state index is 12.7. The quantitative estimate of drug-likeness (QED) is 0.265. The van der Waals surface area contributed by atoms with Gasteiger partial charge in [0.1, 0.15) is 10.8 Å². The summed E-state index contributed by atoms with van der Waals surface area (Å²) in [6.45, 7) is 1.92. The summed E-state index contributed by atoms with van der Waals surface area (Å²) in [7, 11) is 0. The molecule has 6 nitrogen and oxygen atoms in total. The smallest absolute Gasteiger partial charge is 0.272 e. The predicted octanol–water partition coefficient (Wildman–Crippen LogP) is 5.57. The number of nitrogens with zero attached hydrogens (tertiary/aromatic N) is 3. The van der Waals surface area contributed by atoms with Crippen LogP contribution in [-0.2, 0) is 6.18 Å². The van der Waals surface area contributed by atoms with Crippen LogP contribution in [0.4, 0.5) is 24.5 Å². The van der Waals surface area contributed by atoms with Crippen molar-refractivity contribution in [3.05, 3.63) is 74.4 Å². The summed E-state index contributed by atoms with van der Waals surface area (Å²) in [5.74, 6) is 0. The second-order valence-corrected chi connectivity index (χ2v) is 6.28. The molecule has 0 saturated carbocycles. The number of alkyl halides is 3. The molecule has 0 fully saturated rings. The number of aromatic nitrogens is 1. The number of nitro benzene ring substituents is 1. The van der Waals surface area contributed by atoms with Gasteiger partial charge in [-0.3, -0.25) is 15.5 Å². The average molecular weight is 409 g/mol. The van der Waals surface area contributed by atoms with Gasteiger partial charge < -0.3 is 0 Å². The Morgan fingerprint density at radius 2 is 1.96 bits per heavy atom. The Labute approximate surface area is 161 Å². The van der Waals surface area contributed by atoms with Crippen LogP contribution in [0.25, 0.3) is 10.9 Å². The van der Waals surface area contributed by atoms with Crippen molar-refractivity contribution in [1.29, 1.82) is 0 Å². The van der Waals surface area contributed by atoms with Gasteiger partial charge in [-0.15, -0.1) is 0 Å². The zero-order valence-corrected chi connectivity index (χ0v) is 15.0. The maximum atomic E-state index is 12.7. The van der Waals surface area contributed by atoms with Gasteiger partial charge >= 0.3 is 6.18 Å². The molecule has 0 aliphatic carbocycles. The number of hydrogen-bond acceptors (Lipinski definition) is 5. The molecule has 0 amide bonds. The molecule has 0 aliphatic rings. The highest BCUT2D eigenvalue weighted by Gasteiger charge is 2.33. The van der Waals surface area contributed by atoms with Gasteiger partial charge in [0.25, 0.3) is 5.69 Å². The van der Waals surface area contributed by atoms with Crippen molar-refractivity contribution in [3.63, 3.8) is 0 Å². The van der Waals surface area contributed by atoms with Crippen LogP contribution >= 0.6 is 11.6 Å². The molecule has 0 bridgehead atoms. The third-order valence-corrected chi connectivity index (χ3v) is 4.17. The lowest BCUT2D eigenvalue weighted by molar-refractivity contribution is -0.384. The standard InChI is InChI=1S/C18H12ClF3N4O2/c1-10-2-3-11-7-12(17(19)24-15(11)6-10)9-23-25-14-5-4-13(18(20,21)22)8-16(14)26(27)28/h2-9,25H,1H3/b23-9+. The number of hydrogen-bond donors (Lipinski definition) is 1. The monoisotopic (exact) mass is 408 g/mol. The maximum Gasteiger partial charge on any atom is 0.416 e. The minimum Gasteiger partial charge on any atom is -0.272 e. The molecule has 10 heteroatoms. The molecule has 1 aromatic heterocycles. The first-order valence-corrected chi connectivity index (χ1v) is 8.24. The fraction of sp³-hybridized carbons (Fsp3) is 0.111. The zero-order valence-electron chi connectivity index (χ0n) is 14.3. The first-order chi connectivity index (χ1) is 13.1. The van der Waals surface area contributed by atoms with E-state index in [0.29, 0.717) is 17.1 Å². The molecule has 3 aromatic rings.